The Morgan fingerprint density at radius 3 is 2.27 bits per heavy atom. The zero-order chi connectivity index (χ0) is 19.1. The summed E-state index contributed by atoms with van der Waals surface area (Å²) in [6.07, 6.45) is 0.961. The summed E-state index contributed by atoms with van der Waals surface area (Å²) in [4.78, 5) is 24.6. The minimum absolute atomic E-state index is 0.00646. The van der Waals surface area contributed by atoms with Crippen molar-refractivity contribution in [3.63, 3.8) is 0 Å². The van der Waals surface area contributed by atoms with E-state index in [2.05, 4.69) is 4.74 Å². The Balaban J connectivity index is 2.16. The number of halogens is 3. The third-order valence-corrected chi connectivity index (χ3v) is 3.59. The van der Waals surface area contributed by atoms with E-state index in [1.54, 1.807) is 0 Å². The van der Waals surface area contributed by atoms with E-state index in [1.807, 2.05) is 6.07 Å². The zero-order valence-corrected chi connectivity index (χ0v) is 13.5. The molecule has 0 spiro atoms. The van der Waals surface area contributed by atoms with Crippen molar-refractivity contribution in [2.75, 3.05) is 0 Å². The minimum atomic E-state index is -2.99. The molecule has 0 aromatic heterocycles. The van der Waals surface area contributed by atoms with E-state index in [-0.39, 0.29) is 35.3 Å². The topological polar surface area (TPSA) is 67.2 Å². The van der Waals surface area contributed by atoms with Crippen LogP contribution in [-0.2, 0) is 6.42 Å². The number of Topliss-reactive ketones (excluding diaryl/α,β-unsaturated/α-hetero) is 2. The Kier molecular flexibility index (Phi) is 6.50. The normalized spacial score (nSPS) is 10.4. The van der Waals surface area contributed by atoms with Gasteiger partial charge in [-0.15, -0.1) is 0 Å². The predicted octanol–water partition coefficient (Wildman–Crippen LogP) is 4.34. The fourth-order valence-electron chi connectivity index (χ4n) is 2.32. The van der Waals surface area contributed by atoms with Gasteiger partial charge in [0, 0.05) is 17.5 Å². The summed E-state index contributed by atoms with van der Waals surface area (Å²) in [6, 6.07) is 10.3. The number of aryl methyl sites for hydroxylation is 1. The number of alkyl halides is 2. The van der Waals surface area contributed by atoms with Crippen LogP contribution in [0.15, 0.2) is 42.5 Å². The average Bonchev–Trinajstić information content (AvgIpc) is 2.62. The third kappa shape index (κ3) is 4.93. The van der Waals surface area contributed by atoms with Crippen LogP contribution in [-0.4, -0.2) is 18.2 Å². The van der Waals surface area contributed by atoms with E-state index in [9.17, 15) is 22.8 Å². The molecule has 0 amide bonds. The number of hydrogen-bond acceptors (Lipinski definition) is 4. The molecule has 7 heteroatoms. The molecule has 0 bridgehead atoms. The van der Waals surface area contributed by atoms with Crippen LogP contribution in [0.5, 0.6) is 5.75 Å². The van der Waals surface area contributed by atoms with Gasteiger partial charge < -0.3 is 4.74 Å². The molecule has 134 valence electrons. The van der Waals surface area contributed by atoms with E-state index in [0.717, 1.165) is 18.2 Å². The van der Waals surface area contributed by atoms with Crippen molar-refractivity contribution in [3.05, 3.63) is 65.0 Å². The lowest BCUT2D eigenvalue weighted by molar-refractivity contribution is -0.0498. The fraction of sp³-hybridized carbons (Fsp3) is 0.211. The molecule has 0 saturated heterocycles. The van der Waals surface area contributed by atoms with Crippen molar-refractivity contribution in [1.82, 2.24) is 0 Å². The Labute approximate surface area is 147 Å². The smallest absolute Gasteiger partial charge is 0.387 e. The van der Waals surface area contributed by atoms with Crippen molar-refractivity contribution in [2.24, 2.45) is 0 Å². The van der Waals surface area contributed by atoms with E-state index in [1.165, 1.54) is 24.3 Å². The standard InChI is InChI=1S/C19H14F3NO3/c20-16-9-6-14(11-13(16)3-1-2-10-23)18(25)17(24)12-4-7-15(8-5-12)26-19(21)22/h4-9,11,19H,1-3H2. The molecule has 2 aromatic rings. The number of ether oxygens (including phenoxy) is 1. The van der Waals surface area contributed by atoms with Gasteiger partial charge in [0.25, 0.3) is 0 Å². The summed E-state index contributed by atoms with van der Waals surface area (Å²) in [7, 11) is 0. The third-order valence-electron chi connectivity index (χ3n) is 3.59. The first kappa shape index (κ1) is 19.2. The Morgan fingerprint density at radius 1 is 1.04 bits per heavy atom. The van der Waals surface area contributed by atoms with Crippen molar-refractivity contribution in [2.45, 2.75) is 25.9 Å². The second-order valence-corrected chi connectivity index (χ2v) is 5.38. The van der Waals surface area contributed by atoms with Crippen molar-refractivity contribution in [3.8, 4) is 11.8 Å². The summed E-state index contributed by atoms with van der Waals surface area (Å²) in [5.74, 6) is -2.33. The van der Waals surface area contributed by atoms with Gasteiger partial charge in [-0.1, -0.05) is 0 Å². The highest BCUT2D eigenvalue weighted by molar-refractivity contribution is 6.49. The molecule has 0 unspecified atom stereocenters. The summed E-state index contributed by atoms with van der Waals surface area (Å²) >= 11 is 0. The molecule has 0 aliphatic heterocycles. The molecule has 2 aromatic carbocycles. The van der Waals surface area contributed by atoms with E-state index in [0.29, 0.717) is 6.42 Å². The number of carbonyl (C=O) groups is 2. The van der Waals surface area contributed by atoms with Crippen molar-refractivity contribution >= 4 is 11.6 Å². The van der Waals surface area contributed by atoms with Gasteiger partial charge in [-0.05, 0) is 60.9 Å². The Hall–Kier alpha value is -3.14. The first-order valence-electron chi connectivity index (χ1n) is 7.71. The Bertz CT molecular complexity index is 842. The molecule has 2 rings (SSSR count). The first-order valence-corrected chi connectivity index (χ1v) is 7.71. The lowest BCUT2D eigenvalue weighted by Crippen LogP contribution is -2.15. The van der Waals surface area contributed by atoms with Gasteiger partial charge in [0.05, 0.1) is 6.07 Å². The van der Waals surface area contributed by atoms with Crippen LogP contribution < -0.4 is 4.74 Å². The number of nitriles is 1. The second-order valence-electron chi connectivity index (χ2n) is 5.38. The fourth-order valence-corrected chi connectivity index (χ4v) is 2.32. The van der Waals surface area contributed by atoms with E-state index < -0.39 is 24.0 Å². The van der Waals surface area contributed by atoms with Crippen LogP contribution in [0, 0.1) is 17.1 Å². The van der Waals surface area contributed by atoms with E-state index >= 15 is 0 Å². The maximum absolute atomic E-state index is 13.8. The highest BCUT2D eigenvalue weighted by atomic mass is 19.3. The number of rotatable bonds is 8. The van der Waals surface area contributed by atoms with Gasteiger partial charge in [0.2, 0.25) is 11.6 Å². The minimum Gasteiger partial charge on any atom is -0.435 e. The molecule has 4 nitrogen and oxygen atoms in total. The second kappa shape index (κ2) is 8.81. The van der Waals surface area contributed by atoms with Gasteiger partial charge in [-0.3, -0.25) is 9.59 Å². The van der Waals surface area contributed by atoms with Crippen LogP contribution >= 0.6 is 0 Å². The molecule has 0 N–H and O–H groups in total. The molecule has 0 aliphatic rings. The molecule has 0 saturated carbocycles. The van der Waals surface area contributed by atoms with Gasteiger partial charge in [-0.2, -0.15) is 14.0 Å². The molecule has 0 radical (unpaired) electrons. The van der Waals surface area contributed by atoms with Crippen LogP contribution in [0.3, 0.4) is 0 Å². The lowest BCUT2D eigenvalue weighted by Gasteiger charge is -2.07. The van der Waals surface area contributed by atoms with Crippen LogP contribution in [0.25, 0.3) is 0 Å². The highest BCUT2D eigenvalue weighted by Crippen LogP contribution is 2.18. The monoisotopic (exact) mass is 361 g/mol. The number of benzene rings is 2. The van der Waals surface area contributed by atoms with Gasteiger partial charge in [0.15, 0.2) is 0 Å². The number of unbranched alkanes of at least 4 members (excludes halogenated alkanes) is 1. The molecule has 0 atom stereocenters. The largest absolute Gasteiger partial charge is 0.435 e. The first-order chi connectivity index (χ1) is 12.4. The highest BCUT2D eigenvalue weighted by Gasteiger charge is 2.20. The number of carbonyl (C=O) groups excluding carboxylic acids is 2. The maximum atomic E-state index is 13.8. The SMILES string of the molecule is N#CCCCc1cc(C(=O)C(=O)c2ccc(OC(F)F)cc2)ccc1F. The predicted molar refractivity (Wildman–Crippen MR) is 86.7 cm³/mol. The summed E-state index contributed by atoms with van der Waals surface area (Å²) in [5, 5.41) is 8.53. The quantitative estimate of drug-likeness (QED) is 0.398. The van der Waals surface area contributed by atoms with Gasteiger partial charge in [0.1, 0.15) is 11.6 Å². The van der Waals surface area contributed by atoms with Gasteiger partial charge >= 0.3 is 6.61 Å². The van der Waals surface area contributed by atoms with Crippen molar-refractivity contribution < 1.29 is 27.5 Å². The zero-order valence-electron chi connectivity index (χ0n) is 13.5. The van der Waals surface area contributed by atoms with Crippen LogP contribution in [0.1, 0.15) is 39.1 Å². The summed E-state index contributed by atoms with van der Waals surface area (Å²) in [5.41, 5.74) is 0.280. The molecular formula is C19H14F3NO3. The van der Waals surface area contributed by atoms with Crippen LogP contribution in [0.2, 0.25) is 0 Å². The summed E-state index contributed by atoms with van der Waals surface area (Å²) in [6.45, 7) is -2.99. The van der Waals surface area contributed by atoms with Crippen LogP contribution in [0.4, 0.5) is 13.2 Å². The molecule has 0 aliphatic carbocycles. The molecular weight excluding hydrogens is 347 g/mol. The number of hydrogen-bond donors (Lipinski definition) is 0. The Morgan fingerprint density at radius 2 is 1.65 bits per heavy atom. The van der Waals surface area contributed by atoms with Gasteiger partial charge in [-0.25, -0.2) is 4.39 Å². The molecule has 0 heterocycles. The van der Waals surface area contributed by atoms with E-state index in [4.69, 9.17) is 5.26 Å². The molecule has 26 heavy (non-hydrogen) atoms. The molecule has 0 fully saturated rings. The lowest BCUT2D eigenvalue weighted by atomic mass is 9.98. The summed E-state index contributed by atoms with van der Waals surface area (Å²) < 4.78 is 42.2. The maximum Gasteiger partial charge on any atom is 0.387 e. The average molecular weight is 361 g/mol. The number of nitrogens with zero attached hydrogens (tertiary/aromatic N) is 1. The number of ketones is 2. The van der Waals surface area contributed by atoms with Crippen molar-refractivity contribution in [1.29, 1.82) is 5.26 Å².